The van der Waals surface area contributed by atoms with E-state index in [-0.39, 0.29) is 41.5 Å². The molecule has 2 heterocycles. The Hall–Kier alpha value is -3.21. The molecule has 8 heteroatoms. The standard InChI is InChI=1S/C22H26N4O4/c1-22(2,3)26-20(29)16-5-4-15(12-17(16)21(26)30)19(28)25-10-7-14(8-11-25)13-24-18(27)6-9-23/h4-5,12,14H,6-8,10-11,13H2,1-3H3,(H,24,27). The molecule has 0 bridgehead atoms. The summed E-state index contributed by atoms with van der Waals surface area (Å²) in [6, 6.07) is 6.51. The number of likely N-dealkylation sites (tertiary alicyclic amines) is 1. The van der Waals surface area contributed by atoms with Gasteiger partial charge in [-0.2, -0.15) is 5.26 Å². The number of nitriles is 1. The van der Waals surface area contributed by atoms with Gasteiger partial charge in [0, 0.05) is 30.7 Å². The van der Waals surface area contributed by atoms with Gasteiger partial charge in [-0.15, -0.1) is 0 Å². The third-order valence-corrected chi connectivity index (χ3v) is 5.53. The number of amides is 4. The van der Waals surface area contributed by atoms with Crippen LogP contribution in [0.25, 0.3) is 0 Å². The largest absolute Gasteiger partial charge is 0.355 e. The van der Waals surface area contributed by atoms with Crippen molar-refractivity contribution in [2.45, 2.75) is 45.6 Å². The summed E-state index contributed by atoms with van der Waals surface area (Å²) in [5, 5.41) is 11.3. The van der Waals surface area contributed by atoms with Crippen molar-refractivity contribution >= 4 is 23.6 Å². The van der Waals surface area contributed by atoms with Crippen molar-refractivity contribution in [3.8, 4) is 6.07 Å². The van der Waals surface area contributed by atoms with E-state index >= 15 is 0 Å². The number of benzene rings is 1. The molecule has 1 aromatic carbocycles. The lowest BCUT2D eigenvalue weighted by molar-refractivity contribution is -0.120. The van der Waals surface area contributed by atoms with Gasteiger partial charge in [-0.25, -0.2) is 0 Å². The average Bonchev–Trinajstić information content (AvgIpc) is 2.96. The van der Waals surface area contributed by atoms with E-state index in [2.05, 4.69) is 5.32 Å². The molecule has 1 aromatic rings. The number of rotatable bonds is 4. The second-order valence-electron chi connectivity index (χ2n) is 8.75. The first-order valence-electron chi connectivity index (χ1n) is 10.1. The van der Waals surface area contributed by atoms with Crippen LogP contribution >= 0.6 is 0 Å². The molecule has 0 radical (unpaired) electrons. The lowest BCUT2D eigenvalue weighted by Gasteiger charge is -2.32. The van der Waals surface area contributed by atoms with Crippen LogP contribution in [-0.4, -0.2) is 58.6 Å². The van der Waals surface area contributed by atoms with Gasteiger partial charge in [0.2, 0.25) is 5.91 Å². The van der Waals surface area contributed by atoms with Crippen LogP contribution in [0.1, 0.15) is 71.1 Å². The van der Waals surface area contributed by atoms with E-state index in [1.807, 2.05) is 6.07 Å². The number of nitrogens with one attached hydrogen (secondary N) is 1. The quantitative estimate of drug-likeness (QED) is 0.763. The van der Waals surface area contributed by atoms with Gasteiger partial charge in [-0.1, -0.05) is 0 Å². The van der Waals surface area contributed by atoms with Gasteiger partial charge in [0.25, 0.3) is 17.7 Å². The predicted octanol–water partition coefficient (Wildman–Crippen LogP) is 1.96. The van der Waals surface area contributed by atoms with Crippen LogP contribution in [-0.2, 0) is 4.79 Å². The second kappa shape index (κ2) is 8.27. The minimum Gasteiger partial charge on any atom is -0.355 e. The third kappa shape index (κ3) is 4.20. The number of imide groups is 1. The first-order valence-corrected chi connectivity index (χ1v) is 10.1. The van der Waals surface area contributed by atoms with Crippen LogP contribution in [0.3, 0.4) is 0 Å². The fourth-order valence-electron chi connectivity index (χ4n) is 3.90. The summed E-state index contributed by atoms with van der Waals surface area (Å²) < 4.78 is 0. The van der Waals surface area contributed by atoms with E-state index in [1.165, 1.54) is 11.0 Å². The van der Waals surface area contributed by atoms with Crippen molar-refractivity contribution < 1.29 is 19.2 Å². The lowest BCUT2D eigenvalue weighted by Crippen LogP contribution is -2.45. The van der Waals surface area contributed by atoms with Crippen molar-refractivity contribution in [1.82, 2.24) is 15.1 Å². The normalized spacial score (nSPS) is 17.0. The molecule has 1 saturated heterocycles. The fraction of sp³-hybridized carbons (Fsp3) is 0.500. The number of nitrogens with zero attached hydrogens (tertiary/aromatic N) is 3. The van der Waals surface area contributed by atoms with Crippen LogP contribution < -0.4 is 5.32 Å². The summed E-state index contributed by atoms with van der Waals surface area (Å²) >= 11 is 0. The van der Waals surface area contributed by atoms with Crippen LogP contribution in [0.2, 0.25) is 0 Å². The number of fused-ring (bicyclic) bond motifs is 1. The molecule has 0 aliphatic carbocycles. The topological polar surface area (TPSA) is 111 Å². The predicted molar refractivity (Wildman–Crippen MR) is 109 cm³/mol. The minimum absolute atomic E-state index is 0.149. The first-order chi connectivity index (χ1) is 14.1. The fourth-order valence-corrected chi connectivity index (χ4v) is 3.90. The zero-order valence-electron chi connectivity index (χ0n) is 17.5. The van der Waals surface area contributed by atoms with Crippen LogP contribution in [0.5, 0.6) is 0 Å². The van der Waals surface area contributed by atoms with E-state index in [1.54, 1.807) is 37.8 Å². The SMILES string of the molecule is CC(C)(C)N1C(=O)c2ccc(C(=O)N3CCC(CNC(=O)CC#N)CC3)cc2C1=O. The van der Waals surface area contributed by atoms with Gasteiger partial charge >= 0.3 is 0 Å². The molecule has 1 fully saturated rings. The zero-order chi connectivity index (χ0) is 22.1. The summed E-state index contributed by atoms with van der Waals surface area (Å²) in [6.45, 7) is 7.00. The van der Waals surface area contributed by atoms with Gasteiger partial charge in [0.1, 0.15) is 6.42 Å². The van der Waals surface area contributed by atoms with Gasteiger partial charge in [-0.3, -0.25) is 24.1 Å². The van der Waals surface area contributed by atoms with Gasteiger partial charge in [0.05, 0.1) is 17.2 Å². The maximum atomic E-state index is 12.9. The van der Waals surface area contributed by atoms with Crippen LogP contribution in [0.15, 0.2) is 18.2 Å². The van der Waals surface area contributed by atoms with Crippen molar-refractivity contribution in [3.05, 3.63) is 34.9 Å². The molecule has 4 amide bonds. The highest BCUT2D eigenvalue weighted by molar-refractivity contribution is 6.22. The number of hydrogen-bond acceptors (Lipinski definition) is 5. The summed E-state index contributed by atoms with van der Waals surface area (Å²) in [7, 11) is 0. The Morgan fingerprint density at radius 3 is 2.37 bits per heavy atom. The van der Waals surface area contributed by atoms with Crippen LogP contribution in [0, 0.1) is 17.2 Å². The maximum Gasteiger partial charge on any atom is 0.262 e. The Morgan fingerprint density at radius 1 is 1.13 bits per heavy atom. The smallest absolute Gasteiger partial charge is 0.262 e. The average molecular weight is 410 g/mol. The van der Waals surface area contributed by atoms with E-state index in [0.29, 0.717) is 30.8 Å². The molecule has 0 unspecified atom stereocenters. The molecule has 0 spiro atoms. The summed E-state index contributed by atoms with van der Waals surface area (Å²) in [5.41, 5.74) is 0.364. The number of carbonyl (C=O) groups is 4. The van der Waals surface area contributed by atoms with Gasteiger partial charge in [0.15, 0.2) is 0 Å². The van der Waals surface area contributed by atoms with Crippen LogP contribution in [0.4, 0.5) is 0 Å². The minimum atomic E-state index is -0.637. The highest BCUT2D eigenvalue weighted by Gasteiger charge is 2.42. The molecule has 8 nitrogen and oxygen atoms in total. The van der Waals surface area contributed by atoms with Crippen molar-refractivity contribution in [1.29, 1.82) is 5.26 Å². The van der Waals surface area contributed by atoms with Crippen molar-refractivity contribution in [3.63, 3.8) is 0 Å². The van der Waals surface area contributed by atoms with E-state index in [9.17, 15) is 19.2 Å². The molecule has 158 valence electrons. The van der Waals surface area contributed by atoms with E-state index < -0.39 is 5.54 Å². The molecular formula is C22H26N4O4. The maximum absolute atomic E-state index is 12.9. The summed E-state index contributed by atoms with van der Waals surface area (Å²) in [6.07, 6.45) is 1.35. The Bertz CT molecular complexity index is 933. The molecule has 30 heavy (non-hydrogen) atoms. The Kier molecular flexibility index (Phi) is 5.92. The summed E-state index contributed by atoms with van der Waals surface area (Å²) in [5.74, 6) is -0.891. The summed E-state index contributed by atoms with van der Waals surface area (Å²) in [4.78, 5) is 52.7. The van der Waals surface area contributed by atoms with E-state index in [0.717, 1.165) is 12.8 Å². The van der Waals surface area contributed by atoms with Gasteiger partial charge in [-0.05, 0) is 57.7 Å². The molecule has 3 rings (SSSR count). The Balaban J connectivity index is 1.64. The zero-order valence-corrected chi connectivity index (χ0v) is 17.5. The first kappa shape index (κ1) is 21.5. The number of hydrogen-bond donors (Lipinski definition) is 1. The van der Waals surface area contributed by atoms with E-state index in [4.69, 9.17) is 5.26 Å². The second-order valence-corrected chi connectivity index (χ2v) is 8.75. The van der Waals surface area contributed by atoms with Crippen molar-refractivity contribution in [2.75, 3.05) is 19.6 Å². The highest BCUT2D eigenvalue weighted by Crippen LogP contribution is 2.30. The third-order valence-electron chi connectivity index (χ3n) is 5.53. The lowest BCUT2D eigenvalue weighted by atomic mass is 9.96. The molecule has 1 N–H and O–H groups in total. The Morgan fingerprint density at radius 2 is 1.77 bits per heavy atom. The highest BCUT2D eigenvalue weighted by atomic mass is 16.2. The number of piperidine rings is 1. The molecule has 0 atom stereocenters. The monoisotopic (exact) mass is 410 g/mol. The molecule has 2 aliphatic heterocycles. The Labute approximate surface area is 175 Å². The van der Waals surface area contributed by atoms with Gasteiger partial charge < -0.3 is 10.2 Å². The molecule has 0 saturated carbocycles. The molecular weight excluding hydrogens is 384 g/mol. The molecule has 2 aliphatic rings. The van der Waals surface area contributed by atoms with Crippen molar-refractivity contribution in [2.24, 2.45) is 5.92 Å². The number of carbonyl (C=O) groups excluding carboxylic acids is 4. The molecule has 0 aromatic heterocycles.